The molecule has 0 saturated carbocycles. The first kappa shape index (κ1) is 25.5. The van der Waals surface area contributed by atoms with E-state index in [0.29, 0.717) is 34.9 Å². The van der Waals surface area contributed by atoms with Gasteiger partial charge in [0.2, 0.25) is 5.13 Å². The molecular weight excluding hydrogens is 514 g/mol. The van der Waals surface area contributed by atoms with Crippen LogP contribution in [-0.4, -0.2) is 17.8 Å². The van der Waals surface area contributed by atoms with Crippen molar-refractivity contribution in [2.75, 3.05) is 12.0 Å². The van der Waals surface area contributed by atoms with Crippen LogP contribution in [0.4, 0.5) is 5.13 Å². The lowest BCUT2D eigenvalue weighted by atomic mass is 10.1. The number of hydrogen-bond acceptors (Lipinski definition) is 6. The van der Waals surface area contributed by atoms with Gasteiger partial charge >= 0.3 is 0 Å². The van der Waals surface area contributed by atoms with Crippen molar-refractivity contribution in [1.82, 2.24) is 4.98 Å². The fraction of sp³-hybridized carbons (Fsp3) is 0.0968. The highest BCUT2D eigenvalue weighted by molar-refractivity contribution is 7.19. The van der Waals surface area contributed by atoms with Crippen molar-refractivity contribution in [3.8, 4) is 33.2 Å². The third-order valence-electron chi connectivity index (χ3n) is 5.66. The molecule has 5 aromatic rings. The zero-order valence-electron chi connectivity index (χ0n) is 20.8. The molecule has 1 aromatic heterocycles. The van der Waals surface area contributed by atoms with Crippen molar-refractivity contribution in [2.45, 2.75) is 13.5 Å². The molecule has 0 amide bonds. The van der Waals surface area contributed by atoms with Crippen LogP contribution in [0.3, 0.4) is 0 Å². The molecule has 5 nitrogen and oxygen atoms in total. The van der Waals surface area contributed by atoms with Crippen LogP contribution in [-0.2, 0) is 6.61 Å². The number of hydrazone groups is 1. The molecule has 190 valence electrons. The first-order valence-corrected chi connectivity index (χ1v) is 13.4. The number of ether oxygens (including phenoxy) is 2. The summed E-state index contributed by atoms with van der Waals surface area (Å²) in [4.78, 5) is 5.90. The van der Waals surface area contributed by atoms with E-state index in [4.69, 9.17) is 26.1 Å². The fourth-order valence-electron chi connectivity index (χ4n) is 3.85. The Hall–Kier alpha value is -4.13. The van der Waals surface area contributed by atoms with Crippen LogP contribution in [0.25, 0.3) is 21.7 Å². The summed E-state index contributed by atoms with van der Waals surface area (Å²) in [5.74, 6) is 1.37. The zero-order chi connectivity index (χ0) is 26.2. The van der Waals surface area contributed by atoms with Gasteiger partial charge in [-0.3, -0.25) is 5.43 Å². The molecule has 0 saturated heterocycles. The van der Waals surface area contributed by atoms with E-state index in [1.807, 2.05) is 97.9 Å². The Kier molecular flexibility index (Phi) is 8.33. The van der Waals surface area contributed by atoms with Crippen LogP contribution in [0.15, 0.2) is 108 Å². The standard InChI is InChI=1S/C31H26ClN3O2S/c1-2-36-28-19-23(13-18-27(28)37-21-22-9-5-3-6-10-22)20-33-35-31-34-29(24-14-16-26(32)17-15-24)30(38-31)25-11-7-4-8-12-25/h3-20H,2,21H2,1H3,(H,34,35)/b33-20+. The average molecular weight is 540 g/mol. The summed E-state index contributed by atoms with van der Waals surface area (Å²) in [7, 11) is 0. The smallest absolute Gasteiger partial charge is 0.204 e. The Balaban J connectivity index is 1.34. The van der Waals surface area contributed by atoms with Crippen molar-refractivity contribution in [1.29, 1.82) is 0 Å². The second-order valence-corrected chi connectivity index (χ2v) is 9.79. The molecule has 4 aromatic carbocycles. The van der Waals surface area contributed by atoms with Crippen LogP contribution in [0.1, 0.15) is 18.1 Å². The monoisotopic (exact) mass is 539 g/mol. The highest BCUT2D eigenvalue weighted by Crippen LogP contribution is 2.39. The highest BCUT2D eigenvalue weighted by Gasteiger charge is 2.15. The molecule has 0 radical (unpaired) electrons. The van der Waals surface area contributed by atoms with Gasteiger partial charge in [-0.1, -0.05) is 95.7 Å². The van der Waals surface area contributed by atoms with Crippen molar-refractivity contribution >= 4 is 34.3 Å². The molecule has 0 fully saturated rings. The molecule has 0 aliphatic carbocycles. The molecule has 0 bridgehead atoms. The Morgan fingerprint density at radius 1 is 0.842 bits per heavy atom. The number of hydrogen-bond donors (Lipinski definition) is 1. The quantitative estimate of drug-likeness (QED) is 0.143. The van der Waals surface area contributed by atoms with Gasteiger partial charge in [-0.25, -0.2) is 4.98 Å². The van der Waals surface area contributed by atoms with Gasteiger partial charge in [0, 0.05) is 10.6 Å². The Labute approximate surface area is 231 Å². The Morgan fingerprint density at radius 2 is 1.58 bits per heavy atom. The largest absolute Gasteiger partial charge is 0.490 e. The molecule has 5 rings (SSSR count). The number of thiazole rings is 1. The third kappa shape index (κ3) is 6.40. The van der Waals surface area contributed by atoms with Gasteiger partial charge in [0.25, 0.3) is 0 Å². The molecule has 0 unspecified atom stereocenters. The van der Waals surface area contributed by atoms with E-state index in [1.165, 1.54) is 0 Å². The summed E-state index contributed by atoms with van der Waals surface area (Å²) in [6, 6.07) is 33.8. The van der Waals surface area contributed by atoms with Crippen molar-refractivity contribution < 1.29 is 9.47 Å². The molecular formula is C31H26ClN3O2S. The fourth-order valence-corrected chi connectivity index (χ4v) is 4.92. The van der Waals surface area contributed by atoms with E-state index in [2.05, 4.69) is 22.7 Å². The van der Waals surface area contributed by atoms with E-state index >= 15 is 0 Å². The minimum absolute atomic E-state index is 0.472. The normalized spacial score (nSPS) is 11.0. The van der Waals surface area contributed by atoms with Gasteiger partial charge in [-0.2, -0.15) is 5.10 Å². The van der Waals surface area contributed by atoms with Crippen LogP contribution in [0.5, 0.6) is 11.5 Å². The molecule has 38 heavy (non-hydrogen) atoms. The topological polar surface area (TPSA) is 55.7 Å². The molecule has 0 spiro atoms. The van der Waals surface area contributed by atoms with E-state index in [9.17, 15) is 0 Å². The minimum Gasteiger partial charge on any atom is -0.490 e. The number of rotatable bonds is 10. The SMILES string of the molecule is CCOc1cc(/C=N/Nc2nc(-c3ccc(Cl)cc3)c(-c3ccccc3)s2)ccc1OCc1ccccc1. The van der Waals surface area contributed by atoms with Crippen molar-refractivity contribution in [2.24, 2.45) is 5.10 Å². The second kappa shape index (κ2) is 12.4. The maximum atomic E-state index is 6.11. The summed E-state index contributed by atoms with van der Waals surface area (Å²) < 4.78 is 11.8. The van der Waals surface area contributed by atoms with Crippen LogP contribution in [0.2, 0.25) is 5.02 Å². The number of benzene rings is 4. The van der Waals surface area contributed by atoms with Gasteiger partial charge in [-0.15, -0.1) is 0 Å². The van der Waals surface area contributed by atoms with Crippen LogP contribution >= 0.6 is 22.9 Å². The van der Waals surface area contributed by atoms with Gasteiger partial charge in [0.1, 0.15) is 6.61 Å². The lowest BCUT2D eigenvalue weighted by molar-refractivity contribution is 0.269. The maximum absolute atomic E-state index is 6.11. The minimum atomic E-state index is 0.472. The predicted octanol–water partition coefficient (Wildman–Crippen LogP) is 8.55. The summed E-state index contributed by atoms with van der Waals surface area (Å²) in [5, 5.41) is 5.83. The van der Waals surface area contributed by atoms with Crippen LogP contribution in [0, 0.1) is 0 Å². The zero-order valence-corrected chi connectivity index (χ0v) is 22.4. The van der Waals surface area contributed by atoms with E-state index in [0.717, 1.165) is 32.8 Å². The van der Waals surface area contributed by atoms with Crippen LogP contribution < -0.4 is 14.9 Å². The molecule has 0 aliphatic heterocycles. The summed E-state index contributed by atoms with van der Waals surface area (Å²) in [6.07, 6.45) is 1.75. The molecule has 1 N–H and O–H groups in total. The number of aromatic nitrogens is 1. The third-order valence-corrected chi connectivity index (χ3v) is 6.92. The first-order valence-electron chi connectivity index (χ1n) is 12.2. The lowest BCUT2D eigenvalue weighted by Crippen LogP contribution is -2.00. The second-order valence-electron chi connectivity index (χ2n) is 8.35. The number of halogens is 1. The van der Waals surface area contributed by atoms with E-state index in [1.54, 1.807) is 17.6 Å². The Morgan fingerprint density at radius 3 is 2.32 bits per heavy atom. The van der Waals surface area contributed by atoms with Gasteiger partial charge < -0.3 is 9.47 Å². The number of nitrogens with one attached hydrogen (secondary N) is 1. The summed E-state index contributed by atoms with van der Waals surface area (Å²) >= 11 is 7.66. The summed E-state index contributed by atoms with van der Waals surface area (Å²) in [5.41, 5.74) is 8.05. The lowest BCUT2D eigenvalue weighted by Gasteiger charge is -2.12. The van der Waals surface area contributed by atoms with Gasteiger partial charge in [0.15, 0.2) is 11.5 Å². The van der Waals surface area contributed by atoms with Crippen molar-refractivity contribution in [3.05, 3.63) is 119 Å². The predicted molar refractivity (Wildman–Crippen MR) is 158 cm³/mol. The van der Waals surface area contributed by atoms with E-state index < -0.39 is 0 Å². The molecule has 1 heterocycles. The van der Waals surface area contributed by atoms with E-state index in [-0.39, 0.29) is 0 Å². The molecule has 0 aliphatic rings. The maximum Gasteiger partial charge on any atom is 0.204 e. The highest BCUT2D eigenvalue weighted by atomic mass is 35.5. The summed E-state index contributed by atoms with van der Waals surface area (Å²) in [6.45, 7) is 2.96. The van der Waals surface area contributed by atoms with Gasteiger partial charge in [-0.05, 0) is 53.9 Å². The molecule has 0 atom stereocenters. The molecule has 7 heteroatoms. The number of nitrogens with zero attached hydrogens (tertiary/aromatic N) is 2. The average Bonchev–Trinajstić information content (AvgIpc) is 3.38. The van der Waals surface area contributed by atoms with Crippen molar-refractivity contribution in [3.63, 3.8) is 0 Å². The first-order chi connectivity index (χ1) is 18.7. The van der Waals surface area contributed by atoms with Gasteiger partial charge in [0.05, 0.1) is 23.4 Å². The number of anilines is 1. The Bertz CT molecular complexity index is 1500.